The molecule has 0 unspecified atom stereocenters. The van der Waals surface area contributed by atoms with E-state index in [0.717, 1.165) is 0 Å². The van der Waals surface area contributed by atoms with Crippen molar-refractivity contribution in [2.45, 2.75) is 13.0 Å². The zero-order chi connectivity index (χ0) is 15.7. The van der Waals surface area contributed by atoms with E-state index in [0.29, 0.717) is 35.2 Å². The molecular weight excluding hydrogens is 284 g/mol. The van der Waals surface area contributed by atoms with Gasteiger partial charge in [0.1, 0.15) is 16.9 Å². The minimum Gasteiger partial charge on any atom is -0.465 e. The average Bonchev–Trinajstić information content (AvgIpc) is 2.81. The molecule has 0 atom stereocenters. The highest BCUT2D eigenvalue weighted by Crippen LogP contribution is 2.28. The molecule has 3 rings (SSSR count). The summed E-state index contributed by atoms with van der Waals surface area (Å²) in [4.78, 5) is 21.1. The highest BCUT2D eigenvalue weighted by molar-refractivity contribution is 6.08. The lowest BCUT2D eigenvalue weighted by atomic mass is 10.2. The molecule has 7 nitrogen and oxygen atoms in total. The summed E-state index contributed by atoms with van der Waals surface area (Å²) in [6, 6.07) is 7.39. The number of benzene rings is 1. The number of anilines is 1. The Morgan fingerprint density at radius 2 is 2.00 bits per heavy atom. The van der Waals surface area contributed by atoms with E-state index in [9.17, 15) is 4.79 Å². The van der Waals surface area contributed by atoms with Crippen molar-refractivity contribution < 1.29 is 14.6 Å². The molecule has 0 aliphatic rings. The lowest BCUT2D eigenvalue weighted by Gasteiger charge is -2.06. The normalized spacial score (nSPS) is 11.2. The molecule has 0 bridgehead atoms. The van der Waals surface area contributed by atoms with Crippen LogP contribution in [-0.2, 0) is 11.3 Å². The number of nitrogen functional groups attached to an aromatic ring is 1. The van der Waals surface area contributed by atoms with E-state index in [4.69, 9.17) is 15.6 Å². The van der Waals surface area contributed by atoms with Gasteiger partial charge in [-0.1, -0.05) is 12.1 Å². The number of para-hydroxylation sites is 2. The van der Waals surface area contributed by atoms with E-state index >= 15 is 0 Å². The zero-order valence-electron chi connectivity index (χ0n) is 12.1. The standard InChI is InChI=1S/C15H16N4O3/c1-22-15(21)11-12-14(19(13(11)16)7-4-8-20)18-10-6-3-2-5-9(10)17-12/h2-3,5-6,20H,4,7-8,16H2,1H3. The SMILES string of the molecule is COC(=O)c1c(N)n(CCCO)c2nc3ccccc3nc12. The van der Waals surface area contributed by atoms with Crippen molar-refractivity contribution in [1.82, 2.24) is 14.5 Å². The minimum absolute atomic E-state index is 0.0215. The van der Waals surface area contributed by atoms with E-state index in [2.05, 4.69) is 9.97 Å². The van der Waals surface area contributed by atoms with E-state index in [1.807, 2.05) is 24.3 Å². The predicted octanol–water partition coefficient (Wildman–Crippen LogP) is 1.34. The lowest BCUT2D eigenvalue weighted by Crippen LogP contribution is -2.09. The van der Waals surface area contributed by atoms with Crippen molar-refractivity contribution in [1.29, 1.82) is 0 Å². The van der Waals surface area contributed by atoms with Crippen LogP contribution < -0.4 is 5.73 Å². The van der Waals surface area contributed by atoms with Crippen LogP contribution in [0.4, 0.5) is 5.82 Å². The van der Waals surface area contributed by atoms with Gasteiger partial charge in [-0.3, -0.25) is 0 Å². The van der Waals surface area contributed by atoms with Gasteiger partial charge >= 0.3 is 5.97 Å². The zero-order valence-corrected chi connectivity index (χ0v) is 12.1. The van der Waals surface area contributed by atoms with Crippen molar-refractivity contribution >= 4 is 34.0 Å². The fourth-order valence-corrected chi connectivity index (χ4v) is 2.48. The second-order valence-electron chi connectivity index (χ2n) is 4.87. The summed E-state index contributed by atoms with van der Waals surface area (Å²) >= 11 is 0. The number of aromatic nitrogens is 3. The van der Waals surface area contributed by atoms with Crippen molar-refractivity contribution in [2.24, 2.45) is 0 Å². The van der Waals surface area contributed by atoms with Crippen molar-refractivity contribution in [3.63, 3.8) is 0 Å². The number of nitrogens with zero attached hydrogens (tertiary/aromatic N) is 3. The summed E-state index contributed by atoms with van der Waals surface area (Å²) in [6.45, 7) is 0.469. The number of rotatable bonds is 4. The molecule has 0 radical (unpaired) electrons. The van der Waals surface area contributed by atoms with Gasteiger partial charge in [0.15, 0.2) is 5.65 Å². The summed E-state index contributed by atoms with van der Waals surface area (Å²) in [5.41, 5.74) is 8.65. The van der Waals surface area contributed by atoms with Gasteiger partial charge in [0, 0.05) is 13.2 Å². The van der Waals surface area contributed by atoms with Gasteiger partial charge in [-0.2, -0.15) is 0 Å². The molecule has 0 saturated carbocycles. The molecule has 1 aromatic carbocycles. The number of methoxy groups -OCH3 is 1. The summed E-state index contributed by atoms with van der Waals surface area (Å²) in [7, 11) is 1.30. The largest absolute Gasteiger partial charge is 0.465 e. The van der Waals surface area contributed by atoms with Gasteiger partial charge in [-0.05, 0) is 18.6 Å². The molecule has 0 aliphatic heterocycles. The third-order valence-corrected chi connectivity index (χ3v) is 3.52. The first-order valence-corrected chi connectivity index (χ1v) is 6.91. The first-order valence-electron chi connectivity index (χ1n) is 6.91. The van der Waals surface area contributed by atoms with E-state index < -0.39 is 5.97 Å². The highest BCUT2D eigenvalue weighted by Gasteiger charge is 2.24. The minimum atomic E-state index is -0.546. The highest BCUT2D eigenvalue weighted by atomic mass is 16.5. The van der Waals surface area contributed by atoms with Crippen molar-refractivity contribution in [3.05, 3.63) is 29.8 Å². The summed E-state index contributed by atoms with van der Waals surface area (Å²) in [5.74, 6) is -0.291. The third-order valence-electron chi connectivity index (χ3n) is 3.52. The summed E-state index contributed by atoms with van der Waals surface area (Å²) in [5, 5.41) is 9.04. The Balaban J connectivity index is 2.34. The first-order chi connectivity index (χ1) is 10.7. The predicted molar refractivity (Wildman–Crippen MR) is 82.5 cm³/mol. The fourth-order valence-electron chi connectivity index (χ4n) is 2.48. The molecule has 114 valence electrons. The maximum absolute atomic E-state index is 12.0. The van der Waals surface area contributed by atoms with Crippen LogP contribution in [0.5, 0.6) is 0 Å². The Labute approximate surface area is 126 Å². The Kier molecular flexibility index (Phi) is 3.64. The van der Waals surface area contributed by atoms with Crippen LogP contribution in [0.1, 0.15) is 16.8 Å². The van der Waals surface area contributed by atoms with Gasteiger partial charge in [0.25, 0.3) is 0 Å². The molecule has 3 aromatic rings. The van der Waals surface area contributed by atoms with Gasteiger partial charge in [-0.15, -0.1) is 0 Å². The average molecular weight is 300 g/mol. The number of aryl methyl sites for hydroxylation is 1. The molecule has 2 heterocycles. The molecule has 2 aromatic heterocycles. The Morgan fingerprint density at radius 1 is 1.32 bits per heavy atom. The van der Waals surface area contributed by atoms with Gasteiger partial charge in [-0.25, -0.2) is 14.8 Å². The first kappa shape index (κ1) is 14.3. The van der Waals surface area contributed by atoms with Crippen LogP contribution in [0, 0.1) is 0 Å². The molecule has 7 heteroatoms. The Hall–Kier alpha value is -2.67. The van der Waals surface area contributed by atoms with Crippen LogP contribution in [0.25, 0.3) is 22.2 Å². The van der Waals surface area contributed by atoms with Crippen LogP contribution in [0.3, 0.4) is 0 Å². The topological polar surface area (TPSA) is 103 Å². The number of nitrogens with two attached hydrogens (primary N) is 1. The number of aliphatic hydroxyl groups excluding tert-OH is 1. The molecule has 3 N–H and O–H groups in total. The smallest absolute Gasteiger partial charge is 0.343 e. The number of ether oxygens (including phenoxy) is 1. The summed E-state index contributed by atoms with van der Waals surface area (Å²) in [6.07, 6.45) is 0.503. The van der Waals surface area contributed by atoms with E-state index in [1.165, 1.54) is 7.11 Å². The number of hydrogen-bond acceptors (Lipinski definition) is 6. The molecule has 0 fully saturated rings. The van der Waals surface area contributed by atoms with E-state index in [1.54, 1.807) is 4.57 Å². The lowest BCUT2D eigenvalue weighted by molar-refractivity contribution is 0.0604. The van der Waals surface area contributed by atoms with Gasteiger partial charge < -0.3 is 20.1 Å². The quantitative estimate of drug-likeness (QED) is 0.705. The number of carbonyl (C=O) groups excluding carboxylic acids is 1. The molecule has 0 spiro atoms. The maximum Gasteiger partial charge on any atom is 0.343 e. The van der Waals surface area contributed by atoms with Crippen molar-refractivity contribution in [3.8, 4) is 0 Å². The van der Waals surface area contributed by atoms with Crippen LogP contribution in [0.15, 0.2) is 24.3 Å². The Morgan fingerprint density at radius 3 is 2.64 bits per heavy atom. The molecule has 0 aliphatic carbocycles. The molecule has 0 amide bonds. The second kappa shape index (κ2) is 5.61. The molecule has 22 heavy (non-hydrogen) atoms. The van der Waals surface area contributed by atoms with Gasteiger partial charge in [0.05, 0.1) is 18.1 Å². The Bertz CT molecular complexity index is 857. The van der Waals surface area contributed by atoms with Crippen LogP contribution >= 0.6 is 0 Å². The monoisotopic (exact) mass is 300 g/mol. The maximum atomic E-state index is 12.0. The molecular formula is C15H16N4O3. The number of hydrogen-bond donors (Lipinski definition) is 2. The van der Waals surface area contributed by atoms with Crippen molar-refractivity contribution in [2.75, 3.05) is 19.5 Å². The second-order valence-corrected chi connectivity index (χ2v) is 4.87. The van der Waals surface area contributed by atoms with Gasteiger partial charge in [0.2, 0.25) is 0 Å². The fraction of sp³-hybridized carbons (Fsp3) is 0.267. The van der Waals surface area contributed by atoms with Crippen LogP contribution in [-0.4, -0.2) is 39.3 Å². The molecule has 0 saturated heterocycles. The van der Waals surface area contributed by atoms with Crippen LogP contribution in [0.2, 0.25) is 0 Å². The summed E-state index contributed by atoms with van der Waals surface area (Å²) < 4.78 is 6.50. The number of carbonyl (C=O) groups is 1. The number of aliphatic hydroxyl groups is 1. The van der Waals surface area contributed by atoms with E-state index in [-0.39, 0.29) is 18.0 Å². The number of fused-ring (bicyclic) bond motifs is 2. The third kappa shape index (κ3) is 2.15. The number of esters is 1.